The molecule has 2 heterocycles. The average Bonchev–Trinajstić information content (AvgIpc) is 2.48. The smallest absolute Gasteiger partial charge is 0.417 e. The van der Waals surface area contributed by atoms with Crippen molar-refractivity contribution in [2.75, 3.05) is 18.0 Å². The zero-order valence-corrected chi connectivity index (χ0v) is 12.7. The highest BCUT2D eigenvalue weighted by Gasteiger charge is 2.48. The Labute approximate surface area is 131 Å². The van der Waals surface area contributed by atoms with Gasteiger partial charge in [-0.15, -0.1) is 0 Å². The van der Waals surface area contributed by atoms with Crippen molar-refractivity contribution in [2.24, 2.45) is 5.41 Å². The number of aliphatic carboxylic acids is 1. The molecule has 2 N–H and O–H groups in total. The SMILES string of the molecule is CCC[C@]1(C(=O)O)CCN(c2ccc(C(F)(F)F)cn2)C[C@H]1O. The molecule has 5 nitrogen and oxygen atoms in total. The quantitative estimate of drug-likeness (QED) is 0.886. The van der Waals surface area contributed by atoms with Gasteiger partial charge in [-0.25, -0.2) is 4.98 Å². The number of carboxylic acids is 1. The molecule has 0 amide bonds. The maximum absolute atomic E-state index is 12.5. The highest BCUT2D eigenvalue weighted by Crippen LogP contribution is 2.38. The molecule has 2 atom stereocenters. The molecular weight excluding hydrogens is 313 g/mol. The zero-order valence-electron chi connectivity index (χ0n) is 12.7. The minimum Gasteiger partial charge on any atom is -0.481 e. The van der Waals surface area contributed by atoms with Gasteiger partial charge in [0, 0.05) is 19.3 Å². The van der Waals surface area contributed by atoms with Crippen LogP contribution in [0.25, 0.3) is 0 Å². The van der Waals surface area contributed by atoms with Crippen molar-refractivity contribution in [2.45, 2.75) is 38.5 Å². The van der Waals surface area contributed by atoms with Crippen LogP contribution in [-0.2, 0) is 11.0 Å². The van der Waals surface area contributed by atoms with E-state index < -0.39 is 29.2 Å². The summed E-state index contributed by atoms with van der Waals surface area (Å²) in [6.45, 7) is 2.20. The summed E-state index contributed by atoms with van der Waals surface area (Å²) < 4.78 is 37.6. The molecule has 0 aliphatic carbocycles. The lowest BCUT2D eigenvalue weighted by Crippen LogP contribution is -2.55. The molecule has 0 spiro atoms. The Bertz CT molecular complexity index is 562. The van der Waals surface area contributed by atoms with Crippen LogP contribution in [0.2, 0.25) is 0 Å². The van der Waals surface area contributed by atoms with Crippen molar-refractivity contribution in [1.82, 2.24) is 4.98 Å². The molecule has 0 unspecified atom stereocenters. The summed E-state index contributed by atoms with van der Waals surface area (Å²) >= 11 is 0. The number of rotatable bonds is 4. The maximum Gasteiger partial charge on any atom is 0.417 e. The molecule has 1 aliphatic heterocycles. The largest absolute Gasteiger partial charge is 0.481 e. The van der Waals surface area contributed by atoms with E-state index in [9.17, 15) is 28.2 Å². The number of nitrogens with zero attached hydrogens (tertiary/aromatic N) is 2. The van der Waals surface area contributed by atoms with Crippen molar-refractivity contribution in [1.29, 1.82) is 0 Å². The summed E-state index contributed by atoms with van der Waals surface area (Å²) in [5, 5.41) is 19.8. The third-order valence-corrected chi connectivity index (χ3v) is 4.38. The van der Waals surface area contributed by atoms with Gasteiger partial charge in [0.15, 0.2) is 0 Å². The van der Waals surface area contributed by atoms with Gasteiger partial charge in [-0.2, -0.15) is 13.2 Å². The number of aliphatic hydroxyl groups is 1. The lowest BCUT2D eigenvalue weighted by molar-refractivity contribution is -0.159. The predicted molar refractivity (Wildman–Crippen MR) is 77.1 cm³/mol. The van der Waals surface area contributed by atoms with Crippen LogP contribution in [0.15, 0.2) is 18.3 Å². The Balaban J connectivity index is 2.15. The van der Waals surface area contributed by atoms with Crippen molar-refractivity contribution in [3.8, 4) is 0 Å². The molecule has 1 aromatic rings. The third-order valence-electron chi connectivity index (χ3n) is 4.38. The van der Waals surface area contributed by atoms with Crippen LogP contribution >= 0.6 is 0 Å². The van der Waals surface area contributed by atoms with Gasteiger partial charge < -0.3 is 15.1 Å². The van der Waals surface area contributed by atoms with E-state index in [1.54, 1.807) is 4.90 Å². The summed E-state index contributed by atoms with van der Waals surface area (Å²) in [4.78, 5) is 17.0. The van der Waals surface area contributed by atoms with Gasteiger partial charge in [0.2, 0.25) is 0 Å². The van der Waals surface area contributed by atoms with Crippen molar-refractivity contribution >= 4 is 11.8 Å². The molecule has 2 rings (SSSR count). The number of piperidine rings is 1. The van der Waals surface area contributed by atoms with Gasteiger partial charge in [-0.3, -0.25) is 4.79 Å². The van der Waals surface area contributed by atoms with Crippen LogP contribution in [0, 0.1) is 5.41 Å². The Hall–Kier alpha value is -1.83. The number of carboxylic acid groups (broad SMARTS) is 1. The van der Waals surface area contributed by atoms with Crippen LogP contribution in [0.5, 0.6) is 0 Å². The van der Waals surface area contributed by atoms with Crippen molar-refractivity contribution < 1.29 is 28.2 Å². The first-order valence-corrected chi connectivity index (χ1v) is 7.40. The highest BCUT2D eigenvalue weighted by atomic mass is 19.4. The van der Waals surface area contributed by atoms with Gasteiger partial charge in [0.05, 0.1) is 17.1 Å². The second-order valence-electron chi connectivity index (χ2n) is 5.83. The van der Waals surface area contributed by atoms with Crippen LogP contribution in [0.4, 0.5) is 19.0 Å². The Kier molecular flexibility index (Phi) is 4.84. The normalized spacial score (nSPS) is 25.4. The molecule has 1 aromatic heterocycles. The molecule has 0 radical (unpaired) electrons. The van der Waals surface area contributed by atoms with E-state index in [4.69, 9.17) is 0 Å². The van der Waals surface area contributed by atoms with Gasteiger partial charge in [0.1, 0.15) is 5.82 Å². The standard InChI is InChI=1S/C15H19F3N2O3/c1-2-5-14(13(22)23)6-7-20(9-11(14)21)12-4-3-10(8-19-12)15(16,17)18/h3-4,8,11,21H,2,5-7,9H2,1H3,(H,22,23)/t11-,14+/m1/s1. The number of hydrogen-bond donors (Lipinski definition) is 2. The van der Waals surface area contributed by atoms with E-state index in [0.29, 0.717) is 25.2 Å². The zero-order chi connectivity index (χ0) is 17.3. The molecule has 8 heteroatoms. The summed E-state index contributed by atoms with van der Waals surface area (Å²) in [5.41, 5.74) is -2.04. The number of β-amino-alcohol motifs (C(OH)–C–C–N with tert-alkyl or cyclic N) is 1. The third kappa shape index (κ3) is 3.41. The first kappa shape index (κ1) is 17.5. The summed E-state index contributed by atoms with van der Waals surface area (Å²) in [7, 11) is 0. The van der Waals surface area contributed by atoms with E-state index in [1.165, 1.54) is 6.07 Å². The summed E-state index contributed by atoms with van der Waals surface area (Å²) in [6, 6.07) is 2.17. The Morgan fingerprint density at radius 2 is 2.17 bits per heavy atom. The van der Waals surface area contributed by atoms with Crippen molar-refractivity contribution in [3.63, 3.8) is 0 Å². The second kappa shape index (κ2) is 6.35. The number of carbonyl (C=O) groups is 1. The molecule has 0 bridgehead atoms. The molecular formula is C15H19F3N2O3. The first-order chi connectivity index (χ1) is 10.7. The van der Waals surface area contributed by atoms with Crippen LogP contribution < -0.4 is 4.90 Å². The number of pyridine rings is 1. The molecule has 1 saturated heterocycles. The Morgan fingerprint density at radius 3 is 2.61 bits per heavy atom. The number of anilines is 1. The minimum atomic E-state index is -4.45. The van der Waals surface area contributed by atoms with E-state index in [2.05, 4.69) is 4.98 Å². The van der Waals surface area contributed by atoms with Gasteiger partial charge in [0.25, 0.3) is 0 Å². The number of halogens is 3. The van der Waals surface area contributed by atoms with Crippen LogP contribution in [0.3, 0.4) is 0 Å². The fourth-order valence-corrected chi connectivity index (χ4v) is 3.02. The lowest BCUT2D eigenvalue weighted by Gasteiger charge is -2.43. The van der Waals surface area contributed by atoms with Gasteiger partial charge >= 0.3 is 12.1 Å². The topological polar surface area (TPSA) is 73.7 Å². The second-order valence-corrected chi connectivity index (χ2v) is 5.83. The number of aromatic nitrogens is 1. The fourth-order valence-electron chi connectivity index (χ4n) is 3.02. The van der Waals surface area contributed by atoms with Crippen LogP contribution in [-0.4, -0.2) is 40.4 Å². The molecule has 1 aliphatic rings. The lowest BCUT2D eigenvalue weighted by atomic mass is 9.73. The van der Waals surface area contributed by atoms with E-state index in [1.807, 2.05) is 6.92 Å². The van der Waals surface area contributed by atoms with Crippen molar-refractivity contribution in [3.05, 3.63) is 23.9 Å². The molecule has 23 heavy (non-hydrogen) atoms. The Morgan fingerprint density at radius 1 is 1.48 bits per heavy atom. The molecule has 1 fully saturated rings. The minimum absolute atomic E-state index is 0.0324. The predicted octanol–water partition coefficient (Wildman–Crippen LogP) is 2.54. The van der Waals surface area contributed by atoms with E-state index in [-0.39, 0.29) is 13.0 Å². The summed E-state index contributed by atoms with van der Waals surface area (Å²) in [6.07, 6.45) is -3.60. The average molecular weight is 332 g/mol. The van der Waals surface area contributed by atoms with E-state index in [0.717, 1.165) is 12.3 Å². The first-order valence-electron chi connectivity index (χ1n) is 7.40. The molecule has 0 saturated carbocycles. The molecule has 0 aromatic carbocycles. The fraction of sp³-hybridized carbons (Fsp3) is 0.600. The number of alkyl halides is 3. The summed E-state index contributed by atoms with van der Waals surface area (Å²) in [5.74, 6) is -0.737. The van der Waals surface area contributed by atoms with Gasteiger partial charge in [-0.1, -0.05) is 13.3 Å². The van der Waals surface area contributed by atoms with Gasteiger partial charge in [-0.05, 0) is 25.0 Å². The highest BCUT2D eigenvalue weighted by molar-refractivity contribution is 5.76. The maximum atomic E-state index is 12.5. The van der Waals surface area contributed by atoms with E-state index >= 15 is 0 Å². The molecule has 128 valence electrons. The monoisotopic (exact) mass is 332 g/mol. The van der Waals surface area contributed by atoms with Crippen LogP contribution in [0.1, 0.15) is 31.7 Å². The number of aliphatic hydroxyl groups excluding tert-OH is 1. The number of hydrogen-bond acceptors (Lipinski definition) is 4.